The van der Waals surface area contributed by atoms with Gasteiger partial charge in [0.2, 0.25) is 0 Å². The summed E-state index contributed by atoms with van der Waals surface area (Å²) in [7, 11) is -4.42. The van der Waals surface area contributed by atoms with Gasteiger partial charge in [-0.15, -0.1) is 5.10 Å². The fraction of sp³-hybridized carbons (Fsp3) is 0.0625. The summed E-state index contributed by atoms with van der Waals surface area (Å²) in [6.45, 7) is 0. The Morgan fingerprint density at radius 1 is 1.03 bits per heavy atom. The smallest absolute Gasteiger partial charge is 0.266 e. The lowest BCUT2D eigenvalue weighted by Gasteiger charge is -2.12. The van der Waals surface area contributed by atoms with Crippen molar-refractivity contribution >= 4 is 39.1 Å². The molecule has 152 valence electrons. The Hall–Kier alpha value is -2.63. The van der Waals surface area contributed by atoms with Crippen LogP contribution in [0.1, 0.15) is 16.2 Å². The van der Waals surface area contributed by atoms with E-state index in [0.717, 1.165) is 12.1 Å². The molecule has 0 saturated carbocycles. The molecule has 0 radical (unpaired) electrons. The molecule has 0 fully saturated rings. The number of benzene rings is 2. The predicted octanol–water partition coefficient (Wildman–Crippen LogP) is 3.71. The second kappa shape index (κ2) is 7.65. The molecule has 1 amide bonds. The summed E-state index contributed by atoms with van der Waals surface area (Å²) in [6.07, 6.45) is -5.10. The van der Waals surface area contributed by atoms with Gasteiger partial charge in [0.1, 0.15) is 0 Å². The summed E-state index contributed by atoms with van der Waals surface area (Å²) in [6, 6.07) is 10.2. The predicted molar refractivity (Wildman–Crippen MR) is 97.5 cm³/mol. The number of hydrogen-bond acceptors (Lipinski definition) is 5. The molecule has 1 N–H and O–H groups in total. The Labute approximate surface area is 172 Å². The highest BCUT2D eigenvalue weighted by Crippen LogP contribution is 2.34. The number of rotatable bonds is 4. The molecule has 7 nitrogen and oxygen atoms in total. The van der Waals surface area contributed by atoms with Crippen LogP contribution in [0.4, 0.5) is 13.2 Å². The molecule has 0 bridgehead atoms. The van der Waals surface area contributed by atoms with Crippen molar-refractivity contribution in [2.45, 2.75) is 11.1 Å². The average molecular weight is 465 g/mol. The summed E-state index contributed by atoms with van der Waals surface area (Å²) >= 11 is 11.6. The maximum absolute atomic E-state index is 13.6. The number of nitrogens with zero attached hydrogens (tertiary/aromatic N) is 3. The van der Waals surface area contributed by atoms with Gasteiger partial charge < -0.3 is 0 Å². The van der Waals surface area contributed by atoms with Crippen LogP contribution in [0.2, 0.25) is 10.0 Å². The summed E-state index contributed by atoms with van der Waals surface area (Å²) < 4.78 is 67.3. The van der Waals surface area contributed by atoms with Crippen LogP contribution in [0.5, 0.6) is 0 Å². The molecule has 0 spiro atoms. The number of alkyl halides is 3. The lowest BCUT2D eigenvalue weighted by atomic mass is 10.2. The van der Waals surface area contributed by atoms with Crippen molar-refractivity contribution in [2.24, 2.45) is 0 Å². The van der Waals surface area contributed by atoms with Gasteiger partial charge in [-0.3, -0.25) is 4.79 Å². The molecule has 2 aromatic carbocycles. The highest BCUT2D eigenvalue weighted by molar-refractivity contribution is 7.90. The first-order valence-corrected chi connectivity index (χ1v) is 9.84. The summed E-state index contributed by atoms with van der Waals surface area (Å²) in [5.74, 6) is -1.60. The normalized spacial score (nSPS) is 12.0. The van der Waals surface area contributed by atoms with E-state index >= 15 is 0 Å². The van der Waals surface area contributed by atoms with E-state index in [0.29, 0.717) is 4.68 Å². The van der Waals surface area contributed by atoms with Crippen LogP contribution in [0.25, 0.3) is 5.69 Å². The van der Waals surface area contributed by atoms with E-state index in [4.69, 9.17) is 23.2 Å². The van der Waals surface area contributed by atoms with Crippen LogP contribution in [0.3, 0.4) is 0 Å². The topological polar surface area (TPSA) is 93.9 Å². The zero-order chi connectivity index (χ0) is 21.4. The van der Waals surface area contributed by atoms with Crippen LogP contribution >= 0.6 is 23.2 Å². The van der Waals surface area contributed by atoms with Crippen LogP contribution in [-0.4, -0.2) is 29.3 Å². The minimum Gasteiger partial charge on any atom is -0.266 e. The van der Waals surface area contributed by atoms with Crippen LogP contribution in [0.15, 0.2) is 53.4 Å². The number of carbonyl (C=O) groups is 1. The molecule has 1 aromatic heterocycles. The number of nitrogens with one attached hydrogen (secondary N) is 1. The molecule has 0 saturated heterocycles. The molecular formula is C16H9Cl2F3N4O3S. The quantitative estimate of drug-likeness (QED) is 0.634. The van der Waals surface area contributed by atoms with Gasteiger partial charge in [0.15, 0.2) is 11.4 Å². The highest BCUT2D eigenvalue weighted by atomic mass is 35.5. The second-order valence-electron chi connectivity index (χ2n) is 5.57. The molecule has 0 aliphatic rings. The summed E-state index contributed by atoms with van der Waals surface area (Å²) in [5.41, 5.74) is -3.03. The minimum absolute atomic E-state index is 0.0220. The first-order chi connectivity index (χ1) is 13.5. The van der Waals surface area contributed by atoms with Crippen molar-refractivity contribution < 1.29 is 26.4 Å². The molecule has 3 aromatic rings. The average Bonchev–Trinajstić information content (AvgIpc) is 3.07. The van der Waals surface area contributed by atoms with E-state index < -0.39 is 33.5 Å². The van der Waals surface area contributed by atoms with Crippen molar-refractivity contribution in [2.75, 3.05) is 0 Å². The Balaban J connectivity index is 2.06. The second-order valence-corrected chi connectivity index (χ2v) is 8.13. The van der Waals surface area contributed by atoms with Gasteiger partial charge in [-0.1, -0.05) is 46.6 Å². The molecule has 29 heavy (non-hydrogen) atoms. The maximum Gasteiger partial charge on any atom is 0.435 e. The number of aromatic nitrogens is 3. The molecule has 13 heteroatoms. The van der Waals surface area contributed by atoms with Crippen molar-refractivity contribution in [1.29, 1.82) is 0 Å². The van der Waals surface area contributed by atoms with E-state index in [-0.39, 0.29) is 20.6 Å². The third-order valence-corrected chi connectivity index (χ3v) is 5.31. The Morgan fingerprint density at radius 2 is 1.62 bits per heavy atom. The zero-order valence-corrected chi connectivity index (χ0v) is 16.3. The number of sulfonamides is 1. The van der Waals surface area contributed by atoms with Gasteiger partial charge in [-0.2, -0.15) is 13.2 Å². The van der Waals surface area contributed by atoms with Crippen LogP contribution in [-0.2, 0) is 16.2 Å². The van der Waals surface area contributed by atoms with Gasteiger partial charge in [0.05, 0.1) is 10.6 Å². The largest absolute Gasteiger partial charge is 0.435 e. The van der Waals surface area contributed by atoms with E-state index in [1.165, 1.54) is 36.4 Å². The van der Waals surface area contributed by atoms with Crippen LogP contribution < -0.4 is 4.72 Å². The van der Waals surface area contributed by atoms with Crippen molar-refractivity contribution in [3.05, 3.63) is 70.0 Å². The Kier molecular flexibility index (Phi) is 5.57. The third kappa shape index (κ3) is 4.52. The molecule has 0 aliphatic heterocycles. The molecule has 1 heterocycles. The number of amides is 1. The van der Waals surface area contributed by atoms with Gasteiger partial charge >= 0.3 is 6.18 Å². The van der Waals surface area contributed by atoms with Gasteiger partial charge in [-0.25, -0.2) is 17.8 Å². The summed E-state index contributed by atoms with van der Waals surface area (Å²) in [4.78, 5) is 12.0. The fourth-order valence-electron chi connectivity index (χ4n) is 2.36. The highest BCUT2D eigenvalue weighted by Gasteiger charge is 2.42. The molecule has 0 atom stereocenters. The monoisotopic (exact) mass is 464 g/mol. The van der Waals surface area contributed by atoms with Crippen molar-refractivity contribution in [3.63, 3.8) is 0 Å². The lowest BCUT2D eigenvalue weighted by molar-refractivity contribution is -0.143. The number of halogens is 5. The standard InChI is InChI=1S/C16H9Cl2F3N4O3S/c17-9-6-10(18)8-11(7-9)25-14(16(19,20)21)13(22-24-25)15(26)23-29(27,28)12-4-2-1-3-5-12/h1-8H,(H,23,26). The maximum atomic E-state index is 13.6. The van der Waals surface area contributed by atoms with E-state index in [2.05, 4.69) is 10.3 Å². The van der Waals surface area contributed by atoms with E-state index in [1.807, 2.05) is 0 Å². The number of carbonyl (C=O) groups excluding carboxylic acids is 1. The minimum atomic E-state index is -5.10. The number of hydrogen-bond donors (Lipinski definition) is 1. The molecule has 3 rings (SSSR count). The third-order valence-electron chi connectivity index (χ3n) is 3.53. The molecular weight excluding hydrogens is 456 g/mol. The Bertz CT molecular complexity index is 1160. The zero-order valence-electron chi connectivity index (χ0n) is 14.0. The molecule has 0 unspecified atom stereocenters. The van der Waals surface area contributed by atoms with E-state index in [1.54, 1.807) is 4.72 Å². The van der Waals surface area contributed by atoms with Crippen LogP contribution in [0, 0.1) is 0 Å². The molecule has 0 aliphatic carbocycles. The van der Waals surface area contributed by atoms with Crippen molar-refractivity contribution in [1.82, 2.24) is 19.7 Å². The van der Waals surface area contributed by atoms with E-state index in [9.17, 15) is 26.4 Å². The van der Waals surface area contributed by atoms with Gasteiger partial charge in [0.25, 0.3) is 15.9 Å². The van der Waals surface area contributed by atoms with Gasteiger partial charge in [-0.05, 0) is 30.3 Å². The first-order valence-electron chi connectivity index (χ1n) is 7.60. The SMILES string of the molecule is O=C(NS(=O)(=O)c1ccccc1)c1nnn(-c2cc(Cl)cc(Cl)c2)c1C(F)(F)F. The lowest BCUT2D eigenvalue weighted by Crippen LogP contribution is -2.32. The summed E-state index contributed by atoms with van der Waals surface area (Å²) in [5, 5.41) is 6.60. The Morgan fingerprint density at radius 3 is 2.17 bits per heavy atom. The van der Waals surface area contributed by atoms with Crippen molar-refractivity contribution in [3.8, 4) is 5.69 Å². The fourth-order valence-corrected chi connectivity index (χ4v) is 3.85. The first kappa shape index (κ1) is 21.1. The van der Waals surface area contributed by atoms with Gasteiger partial charge in [0, 0.05) is 10.0 Å².